The summed E-state index contributed by atoms with van der Waals surface area (Å²) in [6, 6.07) is 9.07. The van der Waals surface area contributed by atoms with Gasteiger partial charge in [-0.15, -0.1) is 11.3 Å². The Balaban J connectivity index is 1.75. The van der Waals surface area contributed by atoms with E-state index < -0.39 is 0 Å². The molecule has 0 spiro atoms. The molecule has 3 heterocycles. The summed E-state index contributed by atoms with van der Waals surface area (Å²) >= 11 is 2.79. The number of H-pyrrole nitrogens is 1. The Morgan fingerprint density at radius 3 is 2.80 bits per heavy atom. The van der Waals surface area contributed by atoms with Gasteiger partial charge in [0.1, 0.15) is 10.5 Å². The number of thiophene rings is 1. The third-order valence-corrected chi connectivity index (χ3v) is 5.99. The van der Waals surface area contributed by atoms with E-state index in [2.05, 4.69) is 15.0 Å². The number of para-hydroxylation sites is 1. The van der Waals surface area contributed by atoms with Crippen LogP contribution in [0.15, 0.2) is 50.5 Å². The summed E-state index contributed by atoms with van der Waals surface area (Å²) in [4.78, 5) is 36.6. The molecule has 0 fully saturated rings. The molecule has 0 amide bonds. The Labute approximate surface area is 150 Å². The largest absolute Gasteiger partial charge is 0.309 e. The zero-order valence-corrected chi connectivity index (χ0v) is 15.1. The maximum Gasteiger partial charge on any atom is 0.271 e. The molecule has 0 bridgehead atoms. The Hall–Kier alpha value is -2.45. The molecule has 8 heteroatoms. The van der Waals surface area contributed by atoms with Crippen LogP contribution in [0.5, 0.6) is 0 Å². The predicted octanol–water partition coefficient (Wildman–Crippen LogP) is 3.08. The summed E-state index contributed by atoms with van der Waals surface area (Å²) in [5, 5.41) is 2.86. The Bertz CT molecular complexity index is 1210. The number of rotatable bonds is 3. The molecule has 126 valence electrons. The molecule has 0 saturated carbocycles. The molecule has 6 nitrogen and oxygen atoms in total. The van der Waals surface area contributed by atoms with Crippen LogP contribution < -0.4 is 11.1 Å². The molecule has 3 aromatic heterocycles. The maximum absolute atomic E-state index is 12.4. The van der Waals surface area contributed by atoms with Crippen LogP contribution in [0.4, 0.5) is 0 Å². The van der Waals surface area contributed by atoms with Gasteiger partial charge in [-0.3, -0.25) is 14.2 Å². The van der Waals surface area contributed by atoms with Gasteiger partial charge in [-0.05, 0) is 30.5 Å². The lowest BCUT2D eigenvalue weighted by molar-refractivity contribution is 0.724. The van der Waals surface area contributed by atoms with Crippen molar-refractivity contribution >= 4 is 44.2 Å². The third kappa shape index (κ3) is 2.77. The van der Waals surface area contributed by atoms with Gasteiger partial charge >= 0.3 is 0 Å². The van der Waals surface area contributed by atoms with Crippen LogP contribution in [0.3, 0.4) is 0 Å². The highest BCUT2D eigenvalue weighted by Crippen LogP contribution is 2.32. The van der Waals surface area contributed by atoms with E-state index in [0.717, 1.165) is 0 Å². The van der Waals surface area contributed by atoms with Gasteiger partial charge in [-0.1, -0.05) is 23.9 Å². The molecular formula is C17H14N4O2S2. The van der Waals surface area contributed by atoms with E-state index in [1.54, 1.807) is 17.7 Å². The van der Waals surface area contributed by atoms with E-state index >= 15 is 0 Å². The van der Waals surface area contributed by atoms with Crippen molar-refractivity contribution in [1.82, 2.24) is 19.5 Å². The molecule has 0 aliphatic rings. The number of nitrogens with zero attached hydrogens (tertiary/aromatic N) is 3. The maximum atomic E-state index is 12.4. The van der Waals surface area contributed by atoms with E-state index in [-0.39, 0.29) is 16.4 Å². The van der Waals surface area contributed by atoms with Crippen molar-refractivity contribution in [3.05, 3.63) is 62.2 Å². The lowest BCUT2D eigenvalue weighted by Gasteiger charge is -2.13. The van der Waals surface area contributed by atoms with Gasteiger partial charge in [-0.25, -0.2) is 9.97 Å². The quantitative estimate of drug-likeness (QED) is 0.443. The van der Waals surface area contributed by atoms with Crippen molar-refractivity contribution in [1.29, 1.82) is 0 Å². The molecule has 1 N–H and O–H groups in total. The molecule has 0 aliphatic heterocycles. The molecule has 1 unspecified atom stereocenters. The lowest BCUT2D eigenvalue weighted by atomic mass is 10.2. The topological polar surface area (TPSA) is 80.6 Å². The van der Waals surface area contributed by atoms with Crippen molar-refractivity contribution in [3.8, 4) is 0 Å². The summed E-state index contributed by atoms with van der Waals surface area (Å²) in [5.41, 5.74) is 1.13. The Morgan fingerprint density at radius 2 is 1.96 bits per heavy atom. The summed E-state index contributed by atoms with van der Waals surface area (Å²) in [7, 11) is 1.71. The summed E-state index contributed by atoms with van der Waals surface area (Å²) < 4.78 is 2.19. The average Bonchev–Trinajstić information content (AvgIpc) is 3.08. The van der Waals surface area contributed by atoms with Gasteiger partial charge in [0, 0.05) is 7.05 Å². The predicted molar refractivity (Wildman–Crippen MR) is 101 cm³/mol. The fourth-order valence-electron chi connectivity index (χ4n) is 2.58. The van der Waals surface area contributed by atoms with Crippen molar-refractivity contribution in [2.75, 3.05) is 0 Å². The van der Waals surface area contributed by atoms with E-state index in [4.69, 9.17) is 0 Å². The first-order valence-electron chi connectivity index (χ1n) is 7.64. The average molecular weight is 370 g/mol. The zero-order chi connectivity index (χ0) is 17.6. The Morgan fingerprint density at radius 1 is 1.16 bits per heavy atom. The smallest absolute Gasteiger partial charge is 0.271 e. The SMILES string of the molecule is CC(Sc1nc2ccsc2c(=O)n1C)c1nc2ccccc2c(=O)[nH]1. The highest BCUT2D eigenvalue weighted by atomic mass is 32.2. The second kappa shape index (κ2) is 6.12. The molecular weight excluding hydrogens is 356 g/mol. The highest BCUT2D eigenvalue weighted by molar-refractivity contribution is 7.99. The highest BCUT2D eigenvalue weighted by Gasteiger charge is 2.17. The molecule has 25 heavy (non-hydrogen) atoms. The molecule has 0 aliphatic carbocycles. The monoisotopic (exact) mass is 370 g/mol. The van der Waals surface area contributed by atoms with E-state index in [0.29, 0.717) is 32.1 Å². The normalized spacial score (nSPS) is 12.7. The van der Waals surface area contributed by atoms with Crippen LogP contribution in [0, 0.1) is 0 Å². The second-order valence-corrected chi connectivity index (χ2v) is 7.85. The second-order valence-electron chi connectivity index (χ2n) is 5.62. The van der Waals surface area contributed by atoms with Gasteiger partial charge in [-0.2, -0.15) is 0 Å². The first-order valence-corrected chi connectivity index (χ1v) is 9.40. The van der Waals surface area contributed by atoms with Crippen LogP contribution in [-0.2, 0) is 7.05 Å². The van der Waals surface area contributed by atoms with Crippen molar-refractivity contribution < 1.29 is 0 Å². The fraction of sp³-hybridized carbons (Fsp3) is 0.176. The molecule has 0 saturated heterocycles. The van der Waals surface area contributed by atoms with Crippen molar-refractivity contribution in [2.24, 2.45) is 7.05 Å². The van der Waals surface area contributed by atoms with Gasteiger partial charge in [0.2, 0.25) is 0 Å². The molecule has 1 aromatic carbocycles. The van der Waals surface area contributed by atoms with E-state index in [1.807, 2.05) is 36.6 Å². The molecule has 1 atom stereocenters. The number of nitrogens with one attached hydrogen (secondary N) is 1. The van der Waals surface area contributed by atoms with Crippen molar-refractivity contribution in [3.63, 3.8) is 0 Å². The molecule has 4 rings (SSSR count). The van der Waals surface area contributed by atoms with Crippen LogP contribution in [0.2, 0.25) is 0 Å². The van der Waals surface area contributed by atoms with Crippen LogP contribution in [0.25, 0.3) is 21.1 Å². The summed E-state index contributed by atoms with van der Waals surface area (Å²) in [5.74, 6) is 0.563. The van der Waals surface area contributed by atoms with Gasteiger partial charge in [0.25, 0.3) is 11.1 Å². The standard InChI is InChI=1S/C17H14N4O2S2/c1-9(14-18-11-6-4-3-5-10(11)15(22)20-14)25-17-19-12-7-8-24-13(12)16(23)21(17)2/h3-9H,1-2H3,(H,18,20,22). The first-order chi connectivity index (χ1) is 12.0. The van der Waals surface area contributed by atoms with Crippen LogP contribution >= 0.6 is 23.1 Å². The third-order valence-electron chi connectivity index (χ3n) is 3.94. The number of hydrogen-bond donors (Lipinski definition) is 1. The van der Waals surface area contributed by atoms with Crippen LogP contribution in [-0.4, -0.2) is 19.5 Å². The number of aromatic amines is 1. The number of thioether (sulfide) groups is 1. The number of fused-ring (bicyclic) bond motifs is 2. The minimum absolute atomic E-state index is 0.0605. The van der Waals surface area contributed by atoms with Gasteiger partial charge in [0.05, 0.1) is 21.7 Å². The summed E-state index contributed by atoms with van der Waals surface area (Å²) in [6.07, 6.45) is 0. The minimum atomic E-state index is -0.164. The zero-order valence-electron chi connectivity index (χ0n) is 13.5. The lowest BCUT2D eigenvalue weighted by Crippen LogP contribution is -2.19. The van der Waals surface area contributed by atoms with Crippen LogP contribution in [0.1, 0.15) is 18.0 Å². The number of benzene rings is 1. The van der Waals surface area contributed by atoms with Gasteiger partial charge < -0.3 is 4.98 Å². The minimum Gasteiger partial charge on any atom is -0.309 e. The summed E-state index contributed by atoms with van der Waals surface area (Å²) in [6.45, 7) is 1.93. The number of hydrogen-bond acceptors (Lipinski definition) is 6. The first kappa shape index (κ1) is 16.0. The molecule has 4 aromatic rings. The molecule has 0 radical (unpaired) electrons. The van der Waals surface area contributed by atoms with E-state index in [9.17, 15) is 9.59 Å². The van der Waals surface area contributed by atoms with Gasteiger partial charge in [0.15, 0.2) is 5.16 Å². The Kier molecular flexibility index (Phi) is 3.93. The fourth-order valence-corrected chi connectivity index (χ4v) is 4.32. The number of aromatic nitrogens is 4. The van der Waals surface area contributed by atoms with E-state index in [1.165, 1.54) is 23.1 Å². The van der Waals surface area contributed by atoms with Crippen molar-refractivity contribution in [2.45, 2.75) is 17.3 Å².